The van der Waals surface area contributed by atoms with Gasteiger partial charge in [-0.05, 0) is 31.4 Å². The van der Waals surface area contributed by atoms with Gasteiger partial charge in [0.1, 0.15) is 0 Å². The first-order chi connectivity index (χ1) is 9.61. The first-order valence-electron chi connectivity index (χ1n) is 6.87. The van der Waals surface area contributed by atoms with Gasteiger partial charge < -0.3 is 15.3 Å². The number of carbonyl (C=O) groups excluding carboxylic acids is 2. The van der Waals surface area contributed by atoms with Crippen LogP contribution in [0, 0.1) is 0 Å². The molecule has 0 saturated carbocycles. The van der Waals surface area contributed by atoms with E-state index in [9.17, 15) is 14.7 Å². The van der Waals surface area contributed by atoms with E-state index in [1.165, 1.54) is 18.3 Å². The van der Waals surface area contributed by atoms with Crippen LogP contribution in [-0.2, 0) is 11.3 Å². The summed E-state index contributed by atoms with van der Waals surface area (Å²) in [6, 6.07) is 3.61. The number of likely N-dealkylation sites (tertiary alicyclic amines) is 1. The van der Waals surface area contributed by atoms with Crippen LogP contribution in [-0.4, -0.2) is 41.0 Å². The first-order valence-corrected chi connectivity index (χ1v) is 7.68. The number of aliphatic hydroxyl groups is 1. The lowest BCUT2D eigenvalue weighted by atomic mass is 10.0. The minimum absolute atomic E-state index is 0.0113. The van der Waals surface area contributed by atoms with E-state index < -0.39 is 0 Å². The molecule has 2 N–H and O–H groups in total. The topological polar surface area (TPSA) is 69.6 Å². The standard InChI is InChI=1S/C14H20N2O3S/c1-10(18)15-8-12-5-6-13(20-12)14(19)16-7-3-2-4-11(16)9-17/h5-6,11,17H,2-4,7-9H2,1H3,(H,15,18). The summed E-state index contributed by atoms with van der Waals surface area (Å²) in [6.07, 6.45) is 2.92. The van der Waals surface area contributed by atoms with E-state index in [1.54, 1.807) is 11.0 Å². The molecule has 0 radical (unpaired) electrons. The van der Waals surface area contributed by atoms with Gasteiger partial charge in [-0.15, -0.1) is 11.3 Å². The minimum atomic E-state index is -0.0809. The number of rotatable bonds is 4. The lowest BCUT2D eigenvalue weighted by Gasteiger charge is -2.34. The molecule has 0 aromatic carbocycles. The molecule has 20 heavy (non-hydrogen) atoms. The molecule has 1 unspecified atom stereocenters. The average Bonchev–Trinajstić information content (AvgIpc) is 2.93. The Bertz CT molecular complexity index is 487. The summed E-state index contributed by atoms with van der Waals surface area (Å²) < 4.78 is 0. The van der Waals surface area contributed by atoms with Crippen molar-refractivity contribution in [3.63, 3.8) is 0 Å². The van der Waals surface area contributed by atoms with Crippen molar-refractivity contribution in [2.75, 3.05) is 13.2 Å². The zero-order chi connectivity index (χ0) is 14.5. The Balaban J connectivity index is 2.02. The van der Waals surface area contributed by atoms with Crippen LogP contribution in [0.1, 0.15) is 40.7 Å². The monoisotopic (exact) mass is 296 g/mol. The van der Waals surface area contributed by atoms with Gasteiger partial charge in [0.05, 0.1) is 24.1 Å². The molecule has 2 heterocycles. The van der Waals surface area contributed by atoms with E-state index in [4.69, 9.17) is 0 Å². The predicted molar refractivity (Wildman–Crippen MR) is 77.6 cm³/mol. The number of carbonyl (C=O) groups is 2. The van der Waals surface area contributed by atoms with Crippen LogP contribution in [0.25, 0.3) is 0 Å². The molecule has 1 saturated heterocycles. The molecule has 1 atom stereocenters. The second-order valence-electron chi connectivity index (χ2n) is 5.01. The highest BCUT2D eigenvalue weighted by Crippen LogP contribution is 2.23. The number of piperidine rings is 1. The van der Waals surface area contributed by atoms with Crippen LogP contribution in [0.15, 0.2) is 12.1 Å². The lowest BCUT2D eigenvalue weighted by molar-refractivity contribution is -0.119. The molecule has 110 valence electrons. The van der Waals surface area contributed by atoms with Crippen molar-refractivity contribution in [2.45, 2.75) is 38.8 Å². The van der Waals surface area contributed by atoms with Gasteiger partial charge in [-0.3, -0.25) is 9.59 Å². The van der Waals surface area contributed by atoms with Crippen molar-refractivity contribution in [1.29, 1.82) is 0 Å². The van der Waals surface area contributed by atoms with E-state index in [1.807, 2.05) is 6.07 Å². The molecule has 1 fully saturated rings. The third-order valence-corrected chi connectivity index (χ3v) is 4.56. The number of amides is 2. The maximum atomic E-state index is 12.5. The first kappa shape index (κ1) is 15.0. The molecule has 2 amide bonds. The van der Waals surface area contributed by atoms with Gasteiger partial charge in [0.2, 0.25) is 5.91 Å². The highest BCUT2D eigenvalue weighted by Gasteiger charge is 2.27. The van der Waals surface area contributed by atoms with Crippen LogP contribution >= 0.6 is 11.3 Å². The summed E-state index contributed by atoms with van der Waals surface area (Å²) >= 11 is 1.40. The second-order valence-corrected chi connectivity index (χ2v) is 6.17. The van der Waals surface area contributed by atoms with Crippen molar-refractivity contribution in [3.05, 3.63) is 21.9 Å². The third-order valence-electron chi connectivity index (χ3n) is 3.48. The van der Waals surface area contributed by atoms with Crippen LogP contribution in [0.4, 0.5) is 0 Å². The fourth-order valence-electron chi connectivity index (χ4n) is 2.40. The SMILES string of the molecule is CC(=O)NCc1ccc(C(=O)N2CCCCC2CO)s1. The molecule has 1 aliphatic heterocycles. The van der Waals surface area contributed by atoms with Crippen LogP contribution < -0.4 is 5.32 Å². The van der Waals surface area contributed by atoms with E-state index in [0.29, 0.717) is 18.0 Å². The summed E-state index contributed by atoms with van der Waals surface area (Å²) in [5.74, 6) is -0.0922. The van der Waals surface area contributed by atoms with Gasteiger partial charge in [-0.2, -0.15) is 0 Å². The zero-order valence-corrected chi connectivity index (χ0v) is 12.4. The number of nitrogens with one attached hydrogen (secondary N) is 1. The number of nitrogens with zero attached hydrogens (tertiary/aromatic N) is 1. The van der Waals surface area contributed by atoms with E-state index in [2.05, 4.69) is 5.32 Å². The fourth-order valence-corrected chi connectivity index (χ4v) is 3.30. The summed E-state index contributed by atoms with van der Waals surface area (Å²) in [4.78, 5) is 26.7. The van der Waals surface area contributed by atoms with Crippen molar-refractivity contribution in [1.82, 2.24) is 10.2 Å². The Morgan fingerprint density at radius 1 is 1.45 bits per heavy atom. The molecule has 1 aromatic rings. The fraction of sp³-hybridized carbons (Fsp3) is 0.571. The number of hydrogen-bond acceptors (Lipinski definition) is 4. The highest BCUT2D eigenvalue weighted by atomic mass is 32.1. The average molecular weight is 296 g/mol. The quantitative estimate of drug-likeness (QED) is 0.881. The van der Waals surface area contributed by atoms with E-state index in [-0.39, 0.29) is 24.5 Å². The van der Waals surface area contributed by atoms with E-state index in [0.717, 1.165) is 24.1 Å². The van der Waals surface area contributed by atoms with Crippen molar-refractivity contribution in [2.24, 2.45) is 0 Å². The minimum Gasteiger partial charge on any atom is -0.394 e. The molecular formula is C14H20N2O3S. The zero-order valence-electron chi connectivity index (χ0n) is 11.6. The molecule has 2 rings (SSSR count). The summed E-state index contributed by atoms with van der Waals surface area (Å²) in [5, 5.41) is 12.1. The molecule has 1 aromatic heterocycles. The maximum Gasteiger partial charge on any atom is 0.264 e. The Hall–Kier alpha value is -1.40. The normalized spacial score (nSPS) is 18.9. The second kappa shape index (κ2) is 6.85. The van der Waals surface area contributed by atoms with Crippen LogP contribution in [0.3, 0.4) is 0 Å². The van der Waals surface area contributed by atoms with Gasteiger partial charge in [0, 0.05) is 18.3 Å². The van der Waals surface area contributed by atoms with Crippen molar-refractivity contribution >= 4 is 23.2 Å². The van der Waals surface area contributed by atoms with Gasteiger partial charge >= 0.3 is 0 Å². The van der Waals surface area contributed by atoms with E-state index >= 15 is 0 Å². The molecule has 5 nitrogen and oxygen atoms in total. The Morgan fingerprint density at radius 3 is 2.95 bits per heavy atom. The molecule has 1 aliphatic rings. The molecule has 0 aliphatic carbocycles. The maximum absolute atomic E-state index is 12.5. The summed E-state index contributed by atoms with van der Waals surface area (Å²) in [7, 11) is 0. The molecule has 6 heteroatoms. The highest BCUT2D eigenvalue weighted by molar-refractivity contribution is 7.14. The molecular weight excluding hydrogens is 276 g/mol. The molecule has 0 bridgehead atoms. The smallest absolute Gasteiger partial charge is 0.264 e. The summed E-state index contributed by atoms with van der Waals surface area (Å²) in [6.45, 7) is 2.66. The van der Waals surface area contributed by atoms with Crippen molar-refractivity contribution < 1.29 is 14.7 Å². The number of aliphatic hydroxyl groups excluding tert-OH is 1. The lowest BCUT2D eigenvalue weighted by Crippen LogP contribution is -2.45. The largest absolute Gasteiger partial charge is 0.394 e. The number of thiophene rings is 1. The Morgan fingerprint density at radius 2 is 2.25 bits per heavy atom. The third kappa shape index (κ3) is 3.58. The van der Waals surface area contributed by atoms with Gasteiger partial charge in [-0.25, -0.2) is 0 Å². The number of hydrogen-bond donors (Lipinski definition) is 2. The summed E-state index contributed by atoms with van der Waals surface area (Å²) in [5.41, 5.74) is 0. The Kier molecular flexibility index (Phi) is 5.14. The predicted octanol–water partition coefficient (Wildman–Crippen LogP) is 1.37. The van der Waals surface area contributed by atoms with Crippen LogP contribution in [0.2, 0.25) is 0 Å². The van der Waals surface area contributed by atoms with Crippen molar-refractivity contribution in [3.8, 4) is 0 Å². The van der Waals surface area contributed by atoms with Gasteiger partial charge in [-0.1, -0.05) is 0 Å². The van der Waals surface area contributed by atoms with Crippen LogP contribution in [0.5, 0.6) is 0 Å². The van der Waals surface area contributed by atoms with Gasteiger partial charge in [0.15, 0.2) is 0 Å². The van der Waals surface area contributed by atoms with Gasteiger partial charge in [0.25, 0.3) is 5.91 Å². The Labute approximate surface area is 122 Å². The molecule has 0 spiro atoms.